The molecular formula is C17H19ClN2. The average molecular weight is 287 g/mol. The van der Waals surface area contributed by atoms with Crippen LogP contribution in [-0.2, 0) is 6.42 Å². The van der Waals surface area contributed by atoms with Gasteiger partial charge in [0.1, 0.15) is 0 Å². The maximum absolute atomic E-state index is 6.15. The Bertz CT molecular complexity index is 629. The number of hydrogen-bond donors (Lipinski definition) is 2. The molecule has 0 spiro atoms. The molecule has 1 atom stereocenters. The van der Waals surface area contributed by atoms with Crippen molar-refractivity contribution in [2.45, 2.75) is 26.3 Å². The maximum atomic E-state index is 6.15. The van der Waals surface area contributed by atoms with Crippen molar-refractivity contribution in [2.24, 2.45) is 5.41 Å². The molecule has 1 aliphatic rings. The Morgan fingerprint density at radius 2 is 1.95 bits per heavy atom. The first kappa shape index (κ1) is 13.3. The van der Waals surface area contributed by atoms with Gasteiger partial charge in [-0.15, -0.1) is 0 Å². The number of anilines is 2. The van der Waals surface area contributed by atoms with E-state index >= 15 is 0 Å². The molecule has 3 heteroatoms. The lowest BCUT2D eigenvalue weighted by atomic mass is 9.73. The second kappa shape index (κ2) is 4.71. The molecule has 3 N–H and O–H groups in total. The molecule has 20 heavy (non-hydrogen) atoms. The normalized spacial score (nSPS) is 20.1. The van der Waals surface area contributed by atoms with Crippen LogP contribution in [0.4, 0.5) is 11.4 Å². The van der Waals surface area contributed by atoms with Gasteiger partial charge in [0.25, 0.3) is 0 Å². The Labute approximate surface area is 125 Å². The number of halogens is 1. The molecule has 104 valence electrons. The third-order valence-electron chi connectivity index (χ3n) is 4.02. The Balaban J connectivity index is 2.05. The summed E-state index contributed by atoms with van der Waals surface area (Å²) < 4.78 is 0. The fraction of sp³-hybridized carbons (Fsp3) is 0.294. The van der Waals surface area contributed by atoms with Crippen LogP contribution in [0.1, 0.15) is 31.0 Å². The van der Waals surface area contributed by atoms with Crippen molar-refractivity contribution in [3.05, 3.63) is 58.6 Å². The van der Waals surface area contributed by atoms with Crippen molar-refractivity contribution in [3.8, 4) is 0 Å². The number of rotatable bonds is 1. The van der Waals surface area contributed by atoms with Gasteiger partial charge >= 0.3 is 0 Å². The Kier molecular flexibility index (Phi) is 3.14. The maximum Gasteiger partial charge on any atom is 0.0569 e. The SMILES string of the molecule is CC1(C)Cc2ccccc2NC1c1cc(N)cc(Cl)c1. The van der Waals surface area contributed by atoms with Crippen molar-refractivity contribution < 1.29 is 0 Å². The second-order valence-corrected chi connectivity index (χ2v) is 6.65. The van der Waals surface area contributed by atoms with Gasteiger partial charge in [-0.3, -0.25) is 0 Å². The van der Waals surface area contributed by atoms with Crippen molar-refractivity contribution in [1.82, 2.24) is 0 Å². The van der Waals surface area contributed by atoms with E-state index in [9.17, 15) is 0 Å². The zero-order valence-corrected chi connectivity index (χ0v) is 12.5. The summed E-state index contributed by atoms with van der Waals surface area (Å²) in [7, 11) is 0. The highest BCUT2D eigenvalue weighted by Crippen LogP contribution is 2.45. The first-order valence-electron chi connectivity index (χ1n) is 6.86. The zero-order chi connectivity index (χ0) is 14.3. The zero-order valence-electron chi connectivity index (χ0n) is 11.8. The predicted molar refractivity (Wildman–Crippen MR) is 86.2 cm³/mol. The number of hydrogen-bond acceptors (Lipinski definition) is 2. The number of fused-ring (bicyclic) bond motifs is 1. The number of nitrogen functional groups attached to an aromatic ring is 1. The third-order valence-corrected chi connectivity index (χ3v) is 4.24. The highest BCUT2D eigenvalue weighted by atomic mass is 35.5. The first-order valence-corrected chi connectivity index (χ1v) is 7.24. The smallest absolute Gasteiger partial charge is 0.0569 e. The molecule has 0 amide bonds. The number of nitrogens with two attached hydrogens (primary N) is 1. The van der Waals surface area contributed by atoms with Gasteiger partial charge < -0.3 is 11.1 Å². The summed E-state index contributed by atoms with van der Waals surface area (Å²) in [6.45, 7) is 4.55. The summed E-state index contributed by atoms with van der Waals surface area (Å²) in [5.41, 5.74) is 10.5. The summed E-state index contributed by atoms with van der Waals surface area (Å²) in [6.07, 6.45) is 1.03. The Hall–Kier alpha value is -1.67. The molecule has 0 fully saturated rings. The molecular weight excluding hydrogens is 268 g/mol. The number of benzene rings is 2. The van der Waals surface area contributed by atoms with E-state index in [2.05, 4.69) is 43.4 Å². The predicted octanol–water partition coefficient (Wildman–Crippen LogP) is 4.66. The van der Waals surface area contributed by atoms with Crippen LogP contribution in [0.15, 0.2) is 42.5 Å². The molecule has 0 aliphatic carbocycles. The van der Waals surface area contributed by atoms with Gasteiger partial charge in [0.2, 0.25) is 0 Å². The highest BCUT2D eigenvalue weighted by molar-refractivity contribution is 6.30. The van der Waals surface area contributed by atoms with Gasteiger partial charge in [0, 0.05) is 16.4 Å². The van der Waals surface area contributed by atoms with Gasteiger partial charge in [0.15, 0.2) is 0 Å². The molecule has 0 aromatic heterocycles. The summed E-state index contributed by atoms with van der Waals surface area (Å²) >= 11 is 6.15. The van der Waals surface area contributed by atoms with E-state index < -0.39 is 0 Å². The first-order chi connectivity index (χ1) is 9.45. The van der Waals surface area contributed by atoms with Crippen molar-refractivity contribution in [1.29, 1.82) is 0 Å². The van der Waals surface area contributed by atoms with E-state index in [1.54, 1.807) is 6.07 Å². The molecule has 2 aromatic rings. The van der Waals surface area contributed by atoms with Crippen LogP contribution < -0.4 is 11.1 Å². The lowest BCUT2D eigenvalue weighted by Gasteiger charge is -2.41. The van der Waals surface area contributed by atoms with Crippen LogP contribution in [0.25, 0.3) is 0 Å². The Morgan fingerprint density at radius 3 is 2.70 bits per heavy atom. The third kappa shape index (κ3) is 2.36. The lowest BCUT2D eigenvalue weighted by Crippen LogP contribution is -2.34. The molecule has 2 nitrogen and oxygen atoms in total. The second-order valence-electron chi connectivity index (χ2n) is 6.22. The summed E-state index contributed by atoms with van der Waals surface area (Å²) in [5.74, 6) is 0. The van der Waals surface area contributed by atoms with E-state index in [0.29, 0.717) is 10.7 Å². The molecule has 1 aliphatic heterocycles. The highest BCUT2D eigenvalue weighted by Gasteiger charge is 2.35. The molecule has 1 heterocycles. The minimum absolute atomic E-state index is 0.103. The molecule has 1 unspecified atom stereocenters. The topological polar surface area (TPSA) is 38.0 Å². The van der Waals surface area contributed by atoms with Crippen LogP contribution in [-0.4, -0.2) is 0 Å². The lowest BCUT2D eigenvalue weighted by molar-refractivity contribution is 0.295. The van der Waals surface area contributed by atoms with E-state index in [-0.39, 0.29) is 11.5 Å². The fourth-order valence-electron chi connectivity index (χ4n) is 3.10. The van der Waals surface area contributed by atoms with Crippen LogP contribution >= 0.6 is 11.6 Å². The van der Waals surface area contributed by atoms with Gasteiger partial charge in [-0.05, 0) is 47.2 Å². The standard InChI is InChI=1S/C17H19ClN2/c1-17(2)10-11-5-3-4-6-15(11)20-16(17)12-7-13(18)9-14(19)8-12/h3-9,16,20H,10,19H2,1-2H3. The van der Waals surface area contributed by atoms with Crippen LogP contribution in [0.3, 0.4) is 0 Å². The molecule has 0 radical (unpaired) electrons. The van der Waals surface area contributed by atoms with Crippen LogP contribution in [0.2, 0.25) is 5.02 Å². The average Bonchev–Trinajstić information content (AvgIpc) is 2.35. The van der Waals surface area contributed by atoms with Gasteiger partial charge in [-0.2, -0.15) is 0 Å². The quantitative estimate of drug-likeness (QED) is 0.748. The molecule has 0 bridgehead atoms. The van der Waals surface area contributed by atoms with Gasteiger partial charge in [-0.1, -0.05) is 43.6 Å². The minimum atomic E-state index is 0.103. The number of nitrogens with one attached hydrogen (secondary N) is 1. The van der Waals surface area contributed by atoms with Gasteiger partial charge in [-0.25, -0.2) is 0 Å². The fourth-order valence-corrected chi connectivity index (χ4v) is 3.35. The largest absolute Gasteiger partial charge is 0.399 e. The molecule has 0 saturated heterocycles. The minimum Gasteiger partial charge on any atom is -0.399 e. The number of para-hydroxylation sites is 1. The van der Waals surface area contributed by atoms with E-state index in [1.165, 1.54) is 11.3 Å². The summed E-state index contributed by atoms with van der Waals surface area (Å²) in [4.78, 5) is 0. The monoisotopic (exact) mass is 286 g/mol. The summed E-state index contributed by atoms with van der Waals surface area (Å²) in [6, 6.07) is 14.5. The molecule has 2 aromatic carbocycles. The van der Waals surface area contributed by atoms with E-state index in [1.807, 2.05) is 12.1 Å². The van der Waals surface area contributed by atoms with E-state index in [0.717, 1.165) is 12.0 Å². The van der Waals surface area contributed by atoms with Crippen LogP contribution in [0, 0.1) is 5.41 Å². The molecule has 0 saturated carbocycles. The van der Waals surface area contributed by atoms with Gasteiger partial charge in [0.05, 0.1) is 6.04 Å². The van der Waals surface area contributed by atoms with Crippen molar-refractivity contribution in [3.63, 3.8) is 0 Å². The Morgan fingerprint density at radius 1 is 1.20 bits per heavy atom. The van der Waals surface area contributed by atoms with Crippen molar-refractivity contribution >= 4 is 23.0 Å². The summed E-state index contributed by atoms with van der Waals surface area (Å²) in [5, 5.41) is 4.33. The van der Waals surface area contributed by atoms with Crippen molar-refractivity contribution in [2.75, 3.05) is 11.1 Å². The molecule has 3 rings (SSSR count). The van der Waals surface area contributed by atoms with Crippen LogP contribution in [0.5, 0.6) is 0 Å². The van der Waals surface area contributed by atoms with E-state index in [4.69, 9.17) is 17.3 Å².